The van der Waals surface area contributed by atoms with Gasteiger partial charge in [0.1, 0.15) is 7.05 Å². The predicted octanol–water partition coefficient (Wildman–Crippen LogP) is 4.65. The van der Waals surface area contributed by atoms with Crippen molar-refractivity contribution in [1.82, 2.24) is 0 Å². The number of benzene rings is 1. The van der Waals surface area contributed by atoms with E-state index in [-0.39, 0.29) is 0 Å². The molecule has 0 atom stereocenters. The van der Waals surface area contributed by atoms with Crippen LogP contribution in [0.25, 0.3) is 22.2 Å². The van der Waals surface area contributed by atoms with Crippen LogP contribution in [0.2, 0.25) is 0 Å². The van der Waals surface area contributed by atoms with Crippen LogP contribution in [0.5, 0.6) is 0 Å². The lowest BCUT2D eigenvalue weighted by molar-refractivity contribution is -0.660. The molecule has 0 aliphatic rings. The van der Waals surface area contributed by atoms with Gasteiger partial charge in [-0.15, -0.1) is 0 Å². The van der Waals surface area contributed by atoms with Crippen molar-refractivity contribution in [3.63, 3.8) is 0 Å². The molecule has 112 valence electrons. The average molecular weight is 293 g/mol. The Morgan fingerprint density at radius 2 is 1.86 bits per heavy atom. The van der Waals surface area contributed by atoms with Crippen molar-refractivity contribution in [3.05, 3.63) is 47.7 Å². The number of pyridine rings is 1. The van der Waals surface area contributed by atoms with E-state index in [4.69, 9.17) is 4.42 Å². The van der Waals surface area contributed by atoms with Crippen LogP contribution >= 0.6 is 0 Å². The molecule has 3 aromatic rings. The fourth-order valence-electron chi connectivity index (χ4n) is 2.78. The Kier molecular flexibility index (Phi) is 3.57. The highest BCUT2D eigenvalue weighted by Gasteiger charge is 2.20. The van der Waals surface area contributed by atoms with Gasteiger partial charge in [0, 0.05) is 28.8 Å². The first-order valence-electron chi connectivity index (χ1n) is 7.48. The molecular weight excluding hydrogens is 272 g/mol. The number of rotatable bonds is 2. The van der Waals surface area contributed by atoms with Gasteiger partial charge in [-0.05, 0) is 39.3 Å². The number of fused-ring (bicyclic) bond motifs is 1. The standard InChI is InChI=1S/C19H21N2O/c1-12(2)20-19-14(4)15-10-9-13(3)17(18(15)22-19)16-8-6-7-11-21(16)5/h6-11H,1-5H3/q+1. The van der Waals surface area contributed by atoms with E-state index < -0.39 is 0 Å². The fourth-order valence-corrected chi connectivity index (χ4v) is 2.78. The Hall–Kier alpha value is -2.42. The van der Waals surface area contributed by atoms with Gasteiger partial charge in [0.25, 0.3) is 0 Å². The van der Waals surface area contributed by atoms with E-state index in [1.165, 1.54) is 5.56 Å². The molecule has 3 heteroatoms. The van der Waals surface area contributed by atoms with Crippen molar-refractivity contribution in [2.45, 2.75) is 27.7 Å². The molecule has 2 aromatic heterocycles. The number of furan rings is 1. The zero-order chi connectivity index (χ0) is 15.9. The first-order valence-corrected chi connectivity index (χ1v) is 7.48. The van der Waals surface area contributed by atoms with Crippen LogP contribution in [0.4, 0.5) is 5.88 Å². The van der Waals surface area contributed by atoms with E-state index in [1.54, 1.807) is 0 Å². The van der Waals surface area contributed by atoms with E-state index >= 15 is 0 Å². The van der Waals surface area contributed by atoms with Gasteiger partial charge in [0.2, 0.25) is 11.6 Å². The lowest BCUT2D eigenvalue weighted by atomic mass is 10.0. The second-order valence-corrected chi connectivity index (χ2v) is 5.92. The molecule has 3 rings (SSSR count). The van der Waals surface area contributed by atoms with Crippen molar-refractivity contribution in [1.29, 1.82) is 0 Å². The van der Waals surface area contributed by atoms with Gasteiger partial charge in [0.15, 0.2) is 11.8 Å². The van der Waals surface area contributed by atoms with Crippen molar-refractivity contribution < 1.29 is 8.98 Å². The number of hydrogen-bond donors (Lipinski definition) is 0. The van der Waals surface area contributed by atoms with Crippen molar-refractivity contribution >= 4 is 22.6 Å². The maximum atomic E-state index is 6.13. The fraction of sp³-hybridized carbons (Fsp3) is 0.263. The Balaban J connectivity index is 2.38. The summed E-state index contributed by atoms with van der Waals surface area (Å²) >= 11 is 0. The lowest BCUT2D eigenvalue weighted by Crippen LogP contribution is -2.30. The van der Waals surface area contributed by atoms with Crippen molar-refractivity contribution in [2.75, 3.05) is 0 Å². The molecule has 0 saturated carbocycles. The third-order valence-corrected chi connectivity index (χ3v) is 3.93. The second kappa shape index (κ2) is 5.41. The molecule has 0 fully saturated rings. The molecule has 0 aliphatic heterocycles. The predicted molar refractivity (Wildman–Crippen MR) is 90.7 cm³/mol. The second-order valence-electron chi connectivity index (χ2n) is 5.92. The molecule has 0 aliphatic carbocycles. The van der Waals surface area contributed by atoms with Crippen LogP contribution in [-0.4, -0.2) is 5.71 Å². The molecule has 1 aromatic carbocycles. The smallest absolute Gasteiger partial charge is 0.222 e. The molecule has 0 N–H and O–H groups in total. The third-order valence-electron chi connectivity index (χ3n) is 3.93. The highest BCUT2D eigenvalue weighted by Crippen LogP contribution is 2.38. The first kappa shape index (κ1) is 14.5. The minimum Gasteiger partial charge on any atom is -0.437 e. The third kappa shape index (κ3) is 2.33. The summed E-state index contributed by atoms with van der Waals surface area (Å²) in [6, 6.07) is 10.5. The van der Waals surface area contributed by atoms with E-state index in [2.05, 4.69) is 60.9 Å². The molecule has 0 unspecified atom stereocenters. The van der Waals surface area contributed by atoms with Crippen molar-refractivity contribution in [3.8, 4) is 11.3 Å². The quantitative estimate of drug-likeness (QED) is 0.499. The Morgan fingerprint density at radius 1 is 1.09 bits per heavy atom. The highest BCUT2D eigenvalue weighted by molar-refractivity contribution is 5.97. The van der Waals surface area contributed by atoms with E-state index in [1.807, 2.05) is 19.9 Å². The molecule has 0 radical (unpaired) electrons. The normalized spacial score (nSPS) is 11.0. The molecule has 3 nitrogen and oxygen atoms in total. The number of aromatic nitrogens is 1. The Labute approximate surface area is 130 Å². The van der Waals surface area contributed by atoms with Gasteiger partial charge in [-0.25, -0.2) is 9.56 Å². The molecule has 0 amide bonds. The van der Waals surface area contributed by atoms with Crippen LogP contribution in [0.3, 0.4) is 0 Å². The summed E-state index contributed by atoms with van der Waals surface area (Å²) in [6.45, 7) is 8.15. The summed E-state index contributed by atoms with van der Waals surface area (Å²) in [4.78, 5) is 4.53. The highest BCUT2D eigenvalue weighted by atomic mass is 16.3. The van der Waals surface area contributed by atoms with E-state index in [9.17, 15) is 0 Å². The zero-order valence-electron chi connectivity index (χ0n) is 13.8. The number of aryl methyl sites for hydroxylation is 3. The summed E-state index contributed by atoms with van der Waals surface area (Å²) in [6.07, 6.45) is 2.05. The van der Waals surface area contributed by atoms with Gasteiger partial charge in [-0.2, -0.15) is 0 Å². The van der Waals surface area contributed by atoms with Gasteiger partial charge in [-0.1, -0.05) is 12.1 Å². The summed E-state index contributed by atoms with van der Waals surface area (Å²) in [5.41, 5.74) is 6.48. The molecular formula is C19H21N2O+. The molecule has 0 bridgehead atoms. The molecule has 2 heterocycles. The lowest BCUT2D eigenvalue weighted by Gasteiger charge is -2.05. The van der Waals surface area contributed by atoms with Gasteiger partial charge < -0.3 is 4.42 Å². The first-order chi connectivity index (χ1) is 10.5. The number of hydrogen-bond acceptors (Lipinski definition) is 2. The van der Waals surface area contributed by atoms with Gasteiger partial charge in [-0.3, -0.25) is 0 Å². The summed E-state index contributed by atoms with van der Waals surface area (Å²) in [5.74, 6) is 0.709. The topological polar surface area (TPSA) is 29.4 Å². The molecule has 0 spiro atoms. The van der Waals surface area contributed by atoms with Crippen LogP contribution in [-0.2, 0) is 7.05 Å². The molecule has 22 heavy (non-hydrogen) atoms. The van der Waals surface area contributed by atoms with E-state index in [0.717, 1.165) is 33.5 Å². The Bertz CT molecular complexity index is 884. The monoisotopic (exact) mass is 293 g/mol. The SMILES string of the molecule is CC(C)=Nc1oc2c(-c3cccc[n+]3C)c(C)ccc2c1C. The summed E-state index contributed by atoms with van der Waals surface area (Å²) in [5, 5.41) is 1.13. The van der Waals surface area contributed by atoms with E-state index in [0.29, 0.717) is 5.88 Å². The maximum Gasteiger partial charge on any atom is 0.222 e. The molecule has 0 saturated heterocycles. The van der Waals surface area contributed by atoms with Crippen LogP contribution < -0.4 is 4.57 Å². The zero-order valence-corrected chi connectivity index (χ0v) is 13.8. The minimum atomic E-state index is 0.709. The largest absolute Gasteiger partial charge is 0.437 e. The van der Waals surface area contributed by atoms with Crippen LogP contribution in [0.15, 0.2) is 45.9 Å². The summed E-state index contributed by atoms with van der Waals surface area (Å²) < 4.78 is 8.25. The number of nitrogens with zero attached hydrogens (tertiary/aromatic N) is 2. The summed E-state index contributed by atoms with van der Waals surface area (Å²) in [7, 11) is 2.05. The van der Waals surface area contributed by atoms with Gasteiger partial charge in [0.05, 0.1) is 5.56 Å². The maximum absolute atomic E-state index is 6.13. The Morgan fingerprint density at radius 3 is 2.55 bits per heavy atom. The average Bonchev–Trinajstić information content (AvgIpc) is 2.76. The minimum absolute atomic E-state index is 0.709. The van der Waals surface area contributed by atoms with Crippen LogP contribution in [0, 0.1) is 13.8 Å². The number of aliphatic imine (C=N–C) groups is 1. The van der Waals surface area contributed by atoms with Crippen molar-refractivity contribution in [2.24, 2.45) is 12.0 Å². The van der Waals surface area contributed by atoms with Crippen LogP contribution in [0.1, 0.15) is 25.0 Å². The van der Waals surface area contributed by atoms with Gasteiger partial charge >= 0.3 is 0 Å².